The summed E-state index contributed by atoms with van der Waals surface area (Å²) in [5, 5.41) is 7.05. The van der Waals surface area contributed by atoms with E-state index in [-0.39, 0.29) is 6.67 Å². The van der Waals surface area contributed by atoms with E-state index in [0.717, 1.165) is 6.54 Å². The van der Waals surface area contributed by atoms with Gasteiger partial charge in [-0.3, -0.25) is 0 Å². The number of alkyl halides is 1. The summed E-state index contributed by atoms with van der Waals surface area (Å²) in [4.78, 5) is 0. The summed E-state index contributed by atoms with van der Waals surface area (Å²) in [6, 6.07) is 2.04. The summed E-state index contributed by atoms with van der Waals surface area (Å²) in [6.07, 6.45) is 0. The average molecular weight is 159 g/mol. The third-order valence-electron chi connectivity index (χ3n) is 1.18. The highest BCUT2D eigenvalue weighted by molar-refractivity contribution is 7.07. The fourth-order valence-corrected chi connectivity index (χ4v) is 1.36. The normalized spacial score (nSPS) is 10.1. The van der Waals surface area contributed by atoms with E-state index < -0.39 is 0 Å². The van der Waals surface area contributed by atoms with Crippen LogP contribution >= 0.6 is 11.3 Å². The molecule has 0 aromatic carbocycles. The summed E-state index contributed by atoms with van der Waals surface area (Å²) >= 11 is 1.66. The van der Waals surface area contributed by atoms with E-state index >= 15 is 0 Å². The van der Waals surface area contributed by atoms with E-state index in [0.29, 0.717) is 6.54 Å². The van der Waals surface area contributed by atoms with Crippen molar-refractivity contribution < 1.29 is 4.39 Å². The van der Waals surface area contributed by atoms with Crippen LogP contribution in [0, 0.1) is 0 Å². The maximum atomic E-state index is 11.6. The van der Waals surface area contributed by atoms with Crippen LogP contribution in [0.25, 0.3) is 0 Å². The quantitative estimate of drug-likeness (QED) is 0.661. The SMILES string of the molecule is FCCNCc1ccsc1. The number of hydrogen-bond donors (Lipinski definition) is 1. The Labute approximate surface area is 63.9 Å². The molecule has 0 spiro atoms. The van der Waals surface area contributed by atoms with Gasteiger partial charge in [0, 0.05) is 13.1 Å². The van der Waals surface area contributed by atoms with Gasteiger partial charge in [-0.25, -0.2) is 4.39 Å². The Morgan fingerprint density at radius 3 is 3.10 bits per heavy atom. The number of thiophene rings is 1. The molecule has 0 aliphatic rings. The summed E-state index contributed by atoms with van der Waals surface area (Å²) in [5.74, 6) is 0. The molecule has 0 saturated heterocycles. The first kappa shape index (κ1) is 7.69. The second-order valence-electron chi connectivity index (χ2n) is 2.00. The minimum atomic E-state index is -0.288. The molecule has 0 saturated carbocycles. The van der Waals surface area contributed by atoms with Gasteiger partial charge in [0.15, 0.2) is 0 Å². The van der Waals surface area contributed by atoms with E-state index in [2.05, 4.69) is 10.7 Å². The molecular formula is C7H10FNS. The van der Waals surface area contributed by atoms with Crippen LogP contribution in [0.1, 0.15) is 5.56 Å². The third-order valence-corrected chi connectivity index (χ3v) is 1.91. The minimum absolute atomic E-state index is 0.288. The van der Waals surface area contributed by atoms with Gasteiger partial charge in [0.25, 0.3) is 0 Å². The highest BCUT2D eigenvalue weighted by atomic mass is 32.1. The van der Waals surface area contributed by atoms with E-state index in [4.69, 9.17) is 0 Å². The largest absolute Gasteiger partial charge is 0.310 e. The van der Waals surface area contributed by atoms with Crippen LogP contribution in [0.2, 0.25) is 0 Å². The van der Waals surface area contributed by atoms with Gasteiger partial charge >= 0.3 is 0 Å². The predicted octanol–water partition coefficient (Wildman–Crippen LogP) is 1.81. The Hall–Kier alpha value is -0.410. The van der Waals surface area contributed by atoms with E-state index in [1.54, 1.807) is 11.3 Å². The standard InChI is InChI=1S/C7H10FNS/c8-2-3-9-5-7-1-4-10-6-7/h1,4,6,9H,2-3,5H2. The first-order valence-corrected chi connectivity index (χ1v) is 4.15. The van der Waals surface area contributed by atoms with Crippen LogP contribution in [-0.2, 0) is 6.54 Å². The highest BCUT2D eigenvalue weighted by Gasteiger charge is 1.89. The van der Waals surface area contributed by atoms with Gasteiger partial charge < -0.3 is 5.32 Å². The Morgan fingerprint density at radius 1 is 1.60 bits per heavy atom. The number of rotatable bonds is 4. The van der Waals surface area contributed by atoms with Crippen molar-refractivity contribution in [2.45, 2.75) is 6.54 Å². The van der Waals surface area contributed by atoms with Crippen molar-refractivity contribution >= 4 is 11.3 Å². The summed E-state index contributed by atoms with van der Waals surface area (Å²) in [5.41, 5.74) is 1.23. The molecule has 10 heavy (non-hydrogen) atoms. The molecule has 0 unspecified atom stereocenters. The molecule has 0 fully saturated rings. The lowest BCUT2D eigenvalue weighted by atomic mass is 10.3. The number of nitrogens with one attached hydrogen (secondary N) is 1. The summed E-state index contributed by atoms with van der Waals surface area (Å²) < 4.78 is 11.6. The van der Waals surface area contributed by atoms with Crippen molar-refractivity contribution in [3.05, 3.63) is 22.4 Å². The molecule has 0 radical (unpaired) electrons. The van der Waals surface area contributed by atoms with Gasteiger partial charge in [-0.2, -0.15) is 11.3 Å². The maximum absolute atomic E-state index is 11.6. The zero-order chi connectivity index (χ0) is 7.23. The fraction of sp³-hybridized carbons (Fsp3) is 0.429. The lowest BCUT2D eigenvalue weighted by Gasteiger charge is -1.96. The maximum Gasteiger partial charge on any atom is 0.102 e. The molecule has 1 aromatic rings. The number of hydrogen-bond acceptors (Lipinski definition) is 2. The second kappa shape index (κ2) is 4.41. The van der Waals surface area contributed by atoms with Crippen LogP contribution < -0.4 is 5.32 Å². The van der Waals surface area contributed by atoms with Gasteiger partial charge in [-0.1, -0.05) is 0 Å². The van der Waals surface area contributed by atoms with Gasteiger partial charge in [0.1, 0.15) is 6.67 Å². The van der Waals surface area contributed by atoms with Gasteiger partial charge in [-0.05, 0) is 22.4 Å². The molecule has 0 aliphatic heterocycles. The molecule has 1 aromatic heterocycles. The monoisotopic (exact) mass is 159 g/mol. The van der Waals surface area contributed by atoms with Crippen molar-refractivity contribution in [1.82, 2.24) is 5.32 Å². The molecule has 0 bridgehead atoms. The lowest BCUT2D eigenvalue weighted by molar-refractivity contribution is 0.467. The molecule has 1 nitrogen and oxygen atoms in total. The molecule has 0 amide bonds. The summed E-state index contributed by atoms with van der Waals surface area (Å²) in [6.45, 7) is 0.952. The molecule has 0 aliphatic carbocycles. The van der Waals surface area contributed by atoms with Crippen molar-refractivity contribution in [2.24, 2.45) is 0 Å². The third kappa shape index (κ3) is 2.45. The number of halogens is 1. The Bertz CT molecular complexity index is 162. The van der Waals surface area contributed by atoms with Gasteiger partial charge in [-0.15, -0.1) is 0 Å². The molecule has 0 atom stereocenters. The zero-order valence-corrected chi connectivity index (χ0v) is 6.46. The Kier molecular flexibility index (Phi) is 3.40. The topological polar surface area (TPSA) is 12.0 Å². The van der Waals surface area contributed by atoms with E-state index in [1.807, 2.05) is 11.4 Å². The zero-order valence-electron chi connectivity index (χ0n) is 5.64. The fourth-order valence-electron chi connectivity index (χ4n) is 0.693. The molecule has 1 heterocycles. The van der Waals surface area contributed by atoms with Crippen molar-refractivity contribution in [3.8, 4) is 0 Å². The van der Waals surface area contributed by atoms with Crippen molar-refractivity contribution in [2.75, 3.05) is 13.2 Å². The van der Waals surface area contributed by atoms with Gasteiger partial charge in [0.05, 0.1) is 0 Å². The lowest BCUT2D eigenvalue weighted by Crippen LogP contribution is -2.15. The van der Waals surface area contributed by atoms with Crippen LogP contribution in [0.3, 0.4) is 0 Å². The van der Waals surface area contributed by atoms with E-state index in [1.165, 1.54) is 5.56 Å². The Morgan fingerprint density at radius 2 is 2.50 bits per heavy atom. The molecule has 1 rings (SSSR count). The smallest absolute Gasteiger partial charge is 0.102 e. The van der Waals surface area contributed by atoms with Gasteiger partial charge in [0.2, 0.25) is 0 Å². The molecular weight excluding hydrogens is 149 g/mol. The summed E-state index contributed by atoms with van der Waals surface area (Å²) in [7, 11) is 0. The molecule has 1 N–H and O–H groups in total. The minimum Gasteiger partial charge on any atom is -0.310 e. The second-order valence-corrected chi connectivity index (χ2v) is 2.78. The van der Waals surface area contributed by atoms with Crippen LogP contribution in [-0.4, -0.2) is 13.2 Å². The molecule has 56 valence electrons. The molecule has 3 heteroatoms. The van der Waals surface area contributed by atoms with Crippen molar-refractivity contribution in [1.29, 1.82) is 0 Å². The predicted molar refractivity (Wildman–Crippen MR) is 42.0 cm³/mol. The van der Waals surface area contributed by atoms with Crippen LogP contribution in [0.15, 0.2) is 16.8 Å². The van der Waals surface area contributed by atoms with E-state index in [9.17, 15) is 4.39 Å². The van der Waals surface area contributed by atoms with Crippen LogP contribution in [0.5, 0.6) is 0 Å². The van der Waals surface area contributed by atoms with Crippen LogP contribution in [0.4, 0.5) is 4.39 Å². The Balaban J connectivity index is 2.15. The first-order valence-electron chi connectivity index (χ1n) is 3.21. The average Bonchev–Trinajstić information content (AvgIpc) is 2.41. The first-order chi connectivity index (χ1) is 4.93. The highest BCUT2D eigenvalue weighted by Crippen LogP contribution is 2.04. The van der Waals surface area contributed by atoms with Crippen molar-refractivity contribution in [3.63, 3.8) is 0 Å².